The molecule has 1 aromatic heterocycles. The zero-order valence-corrected chi connectivity index (χ0v) is 12.4. The summed E-state index contributed by atoms with van der Waals surface area (Å²) in [7, 11) is 1.32. The molecule has 0 spiro atoms. The zero-order chi connectivity index (χ0) is 15.8. The van der Waals surface area contributed by atoms with Gasteiger partial charge < -0.3 is 9.64 Å². The fraction of sp³-hybridized carbons (Fsp3) is 0.235. The predicted molar refractivity (Wildman–Crippen MR) is 83.1 cm³/mol. The molecule has 0 radical (unpaired) electrons. The van der Waals surface area contributed by atoms with Crippen LogP contribution in [0.4, 0.5) is 5.69 Å². The number of aromatic nitrogens is 1. The van der Waals surface area contributed by atoms with Crippen LogP contribution in [0.5, 0.6) is 0 Å². The summed E-state index contributed by atoms with van der Waals surface area (Å²) in [5, 5.41) is 0. The number of rotatable bonds is 6. The summed E-state index contributed by atoms with van der Waals surface area (Å²) in [4.78, 5) is 29.4. The lowest BCUT2D eigenvalue weighted by atomic mass is 10.2. The maximum absolute atomic E-state index is 12.5. The third-order valence-electron chi connectivity index (χ3n) is 3.20. The summed E-state index contributed by atoms with van der Waals surface area (Å²) >= 11 is 0. The topological polar surface area (TPSA) is 59.5 Å². The molecule has 114 valence electrons. The highest BCUT2D eigenvalue weighted by Crippen LogP contribution is 2.18. The Labute approximate surface area is 129 Å². The van der Waals surface area contributed by atoms with Gasteiger partial charge in [0.1, 0.15) is 0 Å². The van der Waals surface area contributed by atoms with Gasteiger partial charge in [-0.2, -0.15) is 0 Å². The van der Waals surface area contributed by atoms with Crippen LogP contribution in [-0.4, -0.2) is 24.0 Å². The largest absolute Gasteiger partial charge is 0.469 e. The van der Waals surface area contributed by atoms with Gasteiger partial charge in [-0.1, -0.05) is 24.3 Å². The van der Waals surface area contributed by atoms with Crippen molar-refractivity contribution in [2.75, 3.05) is 12.0 Å². The lowest BCUT2D eigenvalue weighted by molar-refractivity contribution is -0.141. The first-order valence-electron chi connectivity index (χ1n) is 7.02. The average Bonchev–Trinajstić information content (AvgIpc) is 2.59. The van der Waals surface area contributed by atoms with Gasteiger partial charge in [0.25, 0.3) is 0 Å². The molecule has 1 heterocycles. The third kappa shape index (κ3) is 4.41. The molecule has 0 bridgehead atoms. The Kier molecular flexibility index (Phi) is 5.65. The fourth-order valence-corrected chi connectivity index (χ4v) is 2.05. The van der Waals surface area contributed by atoms with Crippen molar-refractivity contribution >= 4 is 17.6 Å². The van der Waals surface area contributed by atoms with Crippen molar-refractivity contribution in [1.82, 2.24) is 4.98 Å². The number of hydrogen-bond donors (Lipinski definition) is 0. The molecule has 2 rings (SSSR count). The molecule has 5 heteroatoms. The number of benzene rings is 1. The molecular formula is C17H18N2O3. The first kappa shape index (κ1) is 15.7. The van der Waals surface area contributed by atoms with Crippen LogP contribution in [-0.2, 0) is 20.9 Å². The number of carbonyl (C=O) groups excluding carboxylic acids is 2. The van der Waals surface area contributed by atoms with Gasteiger partial charge in [0.2, 0.25) is 5.91 Å². The van der Waals surface area contributed by atoms with E-state index in [1.54, 1.807) is 17.3 Å². The molecule has 22 heavy (non-hydrogen) atoms. The molecule has 0 atom stereocenters. The van der Waals surface area contributed by atoms with E-state index < -0.39 is 0 Å². The van der Waals surface area contributed by atoms with E-state index in [2.05, 4.69) is 9.72 Å². The minimum Gasteiger partial charge on any atom is -0.469 e. The van der Waals surface area contributed by atoms with Crippen LogP contribution in [0, 0.1) is 0 Å². The first-order valence-corrected chi connectivity index (χ1v) is 7.02. The monoisotopic (exact) mass is 298 g/mol. The highest BCUT2D eigenvalue weighted by Gasteiger charge is 2.17. The van der Waals surface area contributed by atoms with Crippen LogP contribution in [0.25, 0.3) is 0 Å². The molecular weight excluding hydrogens is 280 g/mol. The van der Waals surface area contributed by atoms with Gasteiger partial charge in [-0.3, -0.25) is 14.6 Å². The molecule has 1 aromatic carbocycles. The predicted octanol–water partition coefficient (Wildman–Crippen LogP) is 2.57. The zero-order valence-electron chi connectivity index (χ0n) is 12.4. The van der Waals surface area contributed by atoms with E-state index in [9.17, 15) is 9.59 Å². The lowest BCUT2D eigenvalue weighted by Crippen LogP contribution is -2.30. The maximum atomic E-state index is 12.5. The molecule has 0 saturated heterocycles. The van der Waals surface area contributed by atoms with Crippen molar-refractivity contribution in [3.8, 4) is 0 Å². The second-order valence-electron chi connectivity index (χ2n) is 4.75. The molecule has 0 N–H and O–H groups in total. The number of ether oxygens (including phenoxy) is 1. The smallest absolute Gasteiger partial charge is 0.306 e. The van der Waals surface area contributed by atoms with E-state index in [1.807, 2.05) is 42.5 Å². The SMILES string of the molecule is COC(=O)CCC(=O)N(Cc1cccnc1)c1ccccc1. The highest BCUT2D eigenvalue weighted by molar-refractivity contribution is 5.94. The summed E-state index contributed by atoms with van der Waals surface area (Å²) in [5.41, 5.74) is 1.72. The van der Waals surface area contributed by atoms with Crippen molar-refractivity contribution in [2.24, 2.45) is 0 Å². The number of amides is 1. The van der Waals surface area contributed by atoms with E-state index in [1.165, 1.54) is 7.11 Å². The van der Waals surface area contributed by atoms with E-state index in [0.717, 1.165) is 11.3 Å². The van der Waals surface area contributed by atoms with Gasteiger partial charge in [0.15, 0.2) is 0 Å². The first-order chi connectivity index (χ1) is 10.7. The Balaban J connectivity index is 2.15. The fourth-order valence-electron chi connectivity index (χ4n) is 2.05. The molecule has 1 amide bonds. The van der Waals surface area contributed by atoms with Crippen LogP contribution in [0.3, 0.4) is 0 Å². The van der Waals surface area contributed by atoms with Crippen molar-refractivity contribution in [3.05, 3.63) is 60.4 Å². The molecule has 0 aliphatic rings. The summed E-state index contributed by atoms with van der Waals surface area (Å²) < 4.78 is 4.58. The van der Waals surface area contributed by atoms with Crippen LogP contribution in [0.15, 0.2) is 54.9 Å². The van der Waals surface area contributed by atoms with Crippen LogP contribution < -0.4 is 4.90 Å². The van der Waals surface area contributed by atoms with Crippen molar-refractivity contribution in [3.63, 3.8) is 0 Å². The van der Waals surface area contributed by atoms with Gasteiger partial charge in [-0.25, -0.2) is 0 Å². The number of carbonyl (C=O) groups is 2. The molecule has 0 aliphatic heterocycles. The minimum absolute atomic E-state index is 0.0751. The number of esters is 1. The quantitative estimate of drug-likeness (QED) is 0.769. The van der Waals surface area contributed by atoms with Crippen LogP contribution >= 0.6 is 0 Å². The van der Waals surface area contributed by atoms with E-state index in [0.29, 0.717) is 6.54 Å². The van der Waals surface area contributed by atoms with Gasteiger partial charge in [0.05, 0.1) is 20.1 Å². The summed E-state index contributed by atoms with van der Waals surface area (Å²) in [6.45, 7) is 0.415. The Morgan fingerprint density at radius 3 is 2.50 bits per heavy atom. The highest BCUT2D eigenvalue weighted by atomic mass is 16.5. The Hall–Kier alpha value is -2.69. The summed E-state index contributed by atoms with van der Waals surface area (Å²) in [6, 6.07) is 13.1. The Bertz CT molecular complexity index is 614. The second-order valence-corrected chi connectivity index (χ2v) is 4.75. The van der Waals surface area contributed by atoms with Gasteiger partial charge in [-0.05, 0) is 23.8 Å². The average molecular weight is 298 g/mol. The van der Waals surface area contributed by atoms with Crippen molar-refractivity contribution in [2.45, 2.75) is 19.4 Å². The van der Waals surface area contributed by atoms with Gasteiger partial charge in [0, 0.05) is 24.5 Å². The summed E-state index contributed by atoms with van der Waals surface area (Å²) in [6.07, 6.45) is 3.60. The summed E-state index contributed by atoms with van der Waals surface area (Å²) in [5.74, 6) is -0.511. The number of methoxy groups -OCH3 is 1. The molecule has 0 fully saturated rings. The van der Waals surface area contributed by atoms with E-state index in [-0.39, 0.29) is 24.7 Å². The number of pyridine rings is 1. The Morgan fingerprint density at radius 2 is 1.86 bits per heavy atom. The second kappa shape index (κ2) is 7.93. The normalized spacial score (nSPS) is 10.0. The minimum atomic E-state index is -0.386. The molecule has 0 saturated carbocycles. The number of nitrogens with zero attached hydrogens (tertiary/aromatic N) is 2. The van der Waals surface area contributed by atoms with Crippen LogP contribution in [0.1, 0.15) is 18.4 Å². The van der Waals surface area contributed by atoms with E-state index >= 15 is 0 Å². The third-order valence-corrected chi connectivity index (χ3v) is 3.20. The van der Waals surface area contributed by atoms with Crippen LogP contribution in [0.2, 0.25) is 0 Å². The Morgan fingerprint density at radius 1 is 1.09 bits per heavy atom. The maximum Gasteiger partial charge on any atom is 0.306 e. The van der Waals surface area contributed by atoms with Crippen molar-refractivity contribution in [1.29, 1.82) is 0 Å². The van der Waals surface area contributed by atoms with E-state index in [4.69, 9.17) is 0 Å². The number of para-hydroxylation sites is 1. The standard InChI is InChI=1S/C17H18N2O3/c1-22-17(21)10-9-16(20)19(15-7-3-2-4-8-15)13-14-6-5-11-18-12-14/h2-8,11-12H,9-10,13H2,1H3. The molecule has 0 aliphatic carbocycles. The molecule has 0 unspecified atom stereocenters. The number of hydrogen-bond acceptors (Lipinski definition) is 4. The van der Waals surface area contributed by atoms with Gasteiger partial charge >= 0.3 is 5.97 Å². The van der Waals surface area contributed by atoms with Crippen molar-refractivity contribution < 1.29 is 14.3 Å². The lowest BCUT2D eigenvalue weighted by Gasteiger charge is -2.22. The molecule has 2 aromatic rings. The number of anilines is 1. The molecule has 5 nitrogen and oxygen atoms in total. The van der Waals surface area contributed by atoms with Gasteiger partial charge in [-0.15, -0.1) is 0 Å².